The van der Waals surface area contributed by atoms with Crippen LogP contribution in [-0.4, -0.2) is 41.9 Å². The van der Waals surface area contributed by atoms with Gasteiger partial charge in [0.1, 0.15) is 5.82 Å². The summed E-state index contributed by atoms with van der Waals surface area (Å²) in [7, 11) is 1.56. The van der Waals surface area contributed by atoms with Crippen LogP contribution in [0.5, 0.6) is 0 Å². The van der Waals surface area contributed by atoms with Gasteiger partial charge in [-0.3, -0.25) is 9.79 Å². The van der Waals surface area contributed by atoms with Crippen molar-refractivity contribution in [2.24, 2.45) is 4.99 Å². The zero-order valence-electron chi connectivity index (χ0n) is 18.2. The fourth-order valence-electron chi connectivity index (χ4n) is 4.94. The summed E-state index contributed by atoms with van der Waals surface area (Å²) >= 11 is 0. The number of nitrogens with zero attached hydrogens (tertiary/aromatic N) is 3. The molecule has 1 fully saturated rings. The number of benzene rings is 2. The maximum atomic E-state index is 15.1. The third-order valence-electron chi connectivity index (χ3n) is 6.54. The van der Waals surface area contributed by atoms with Gasteiger partial charge in [-0.15, -0.1) is 0 Å². The van der Waals surface area contributed by atoms with Gasteiger partial charge in [-0.05, 0) is 42.2 Å². The topological polar surface area (TPSA) is 68.5 Å². The molecule has 1 aliphatic heterocycles. The Morgan fingerprint density at radius 3 is 2.91 bits per heavy atom. The Bertz CT molecular complexity index is 1190. The Hall–Kier alpha value is -3.06. The SMILES string of the molecule is COCCNC(=O)c1c(F)cc(-c2ccc3c(c2)ncn3C2CCCCC2)c2c1CC=N2. The number of hydrogen-bond acceptors (Lipinski definition) is 4. The smallest absolute Gasteiger partial charge is 0.254 e. The van der Waals surface area contributed by atoms with Gasteiger partial charge in [0, 0.05) is 37.9 Å². The van der Waals surface area contributed by atoms with Crippen molar-refractivity contribution >= 4 is 28.8 Å². The Labute approximate surface area is 186 Å². The molecule has 1 amide bonds. The van der Waals surface area contributed by atoms with E-state index in [-0.39, 0.29) is 5.56 Å². The van der Waals surface area contributed by atoms with Crippen molar-refractivity contribution in [2.75, 3.05) is 20.3 Å². The number of imidazole rings is 1. The van der Waals surface area contributed by atoms with Crippen LogP contribution in [-0.2, 0) is 11.2 Å². The minimum atomic E-state index is -0.535. The molecule has 32 heavy (non-hydrogen) atoms. The van der Waals surface area contributed by atoms with E-state index in [2.05, 4.69) is 25.9 Å². The molecule has 1 aliphatic carbocycles. The molecular formula is C25H27FN4O2. The van der Waals surface area contributed by atoms with Crippen molar-refractivity contribution in [2.45, 2.75) is 44.6 Å². The molecule has 0 unspecified atom stereocenters. The predicted molar refractivity (Wildman–Crippen MR) is 123 cm³/mol. The first-order chi connectivity index (χ1) is 15.7. The Kier molecular flexibility index (Phi) is 5.74. The lowest BCUT2D eigenvalue weighted by molar-refractivity contribution is 0.0932. The summed E-state index contributed by atoms with van der Waals surface area (Å²) in [6.07, 6.45) is 10.3. The van der Waals surface area contributed by atoms with Crippen LogP contribution in [0, 0.1) is 5.82 Å². The molecule has 1 saturated carbocycles. The molecule has 0 saturated heterocycles. The molecule has 1 N–H and O–H groups in total. The predicted octanol–water partition coefficient (Wildman–Crippen LogP) is 4.98. The summed E-state index contributed by atoms with van der Waals surface area (Å²) in [6, 6.07) is 7.99. The Morgan fingerprint density at radius 2 is 2.09 bits per heavy atom. The molecule has 1 aromatic heterocycles. The molecule has 6 nitrogen and oxygen atoms in total. The highest BCUT2D eigenvalue weighted by molar-refractivity contribution is 6.02. The van der Waals surface area contributed by atoms with Gasteiger partial charge in [-0.1, -0.05) is 25.3 Å². The third kappa shape index (κ3) is 3.71. The van der Waals surface area contributed by atoms with Crippen LogP contribution in [0.15, 0.2) is 35.6 Å². The van der Waals surface area contributed by atoms with Crippen LogP contribution in [0.4, 0.5) is 10.1 Å². The summed E-state index contributed by atoms with van der Waals surface area (Å²) in [5.41, 5.74) is 4.90. The van der Waals surface area contributed by atoms with Crippen molar-refractivity contribution in [3.8, 4) is 11.1 Å². The fourth-order valence-corrected chi connectivity index (χ4v) is 4.94. The number of aliphatic imine (C=N–C) groups is 1. The lowest BCUT2D eigenvalue weighted by Crippen LogP contribution is -2.28. The third-order valence-corrected chi connectivity index (χ3v) is 6.54. The average Bonchev–Trinajstić information content (AvgIpc) is 3.46. The monoisotopic (exact) mass is 434 g/mol. The number of fused-ring (bicyclic) bond motifs is 2. The van der Waals surface area contributed by atoms with Crippen LogP contribution in [0.2, 0.25) is 0 Å². The highest BCUT2D eigenvalue weighted by Crippen LogP contribution is 2.40. The lowest BCUT2D eigenvalue weighted by atomic mass is 9.94. The van der Waals surface area contributed by atoms with Crippen molar-refractivity contribution in [3.05, 3.63) is 47.5 Å². The van der Waals surface area contributed by atoms with Crippen molar-refractivity contribution in [3.63, 3.8) is 0 Å². The molecular weight excluding hydrogens is 407 g/mol. The standard InChI is InChI=1S/C25H27FN4O2/c1-32-12-11-28-25(31)23-18-9-10-27-24(18)19(14-20(23)26)16-7-8-22-21(13-16)29-15-30(22)17-5-3-2-4-6-17/h7-8,10,13-15,17H,2-6,9,11-12H2,1H3,(H,28,31). The number of nitrogens with one attached hydrogen (secondary N) is 1. The molecule has 166 valence electrons. The van der Waals surface area contributed by atoms with Gasteiger partial charge in [0.25, 0.3) is 5.91 Å². The second-order valence-corrected chi connectivity index (χ2v) is 8.52. The number of rotatable bonds is 6. The number of carbonyl (C=O) groups excluding carboxylic acids is 1. The van der Waals surface area contributed by atoms with Crippen LogP contribution in [0.3, 0.4) is 0 Å². The van der Waals surface area contributed by atoms with Gasteiger partial charge in [-0.2, -0.15) is 0 Å². The second-order valence-electron chi connectivity index (χ2n) is 8.52. The number of hydrogen-bond donors (Lipinski definition) is 1. The molecule has 0 atom stereocenters. The zero-order valence-corrected chi connectivity index (χ0v) is 18.2. The number of ether oxygens (including phenoxy) is 1. The summed E-state index contributed by atoms with van der Waals surface area (Å²) in [5, 5.41) is 2.72. The van der Waals surface area contributed by atoms with E-state index in [9.17, 15) is 4.79 Å². The van der Waals surface area contributed by atoms with Gasteiger partial charge in [0.05, 0.1) is 35.2 Å². The van der Waals surface area contributed by atoms with Gasteiger partial charge in [0.15, 0.2) is 0 Å². The van der Waals surface area contributed by atoms with Crippen LogP contribution < -0.4 is 5.32 Å². The lowest BCUT2D eigenvalue weighted by Gasteiger charge is -2.23. The second kappa shape index (κ2) is 8.82. The molecule has 7 heteroatoms. The van der Waals surface area contributed by atoms with Gasteiger partial charge >= 0.3 is 0 Å². The molecule has 0 radical (unpaired) electrons. The summed E-state index contributed by atoms with van der Waals surface area (Å²) in [4.78, 5) is 21.7. The molecule has 2 aliphatic rings. The largest absolute Gasteiger partial charge is 0.383 e. The molecule has 5 rings (SSSR count). The normalized spacial score (nSPS) is 15.9. The maximum Gasteiger partial charge on any atom is 0.254 e. The number of methoxy groups -OCH3 is 1. The number of aromatic nitrogens is 2. The molecule has 2 aromatic carbocycles. The van der Waals surface area contributed by atoms with Crippen molar-refractivity contribution in [1.29, 1.82) is 0 Å². The van der Waals surface area contributed by atoms with E-state index in [1.54, 1.807) is 13.3 Å². The molecule has 3 aromatic rings. The Morgan fingerprint density at radius 1 is 1.25 bits per heavy atom. The van der Waals surface area contributed by atoms with Gasteiger partial charge in [0.2, 0.25) is 0 Å². The molecule has 0 spiro atoms. The first kappa shape index (κ1) is 20.8. The van der Waals surface area contributed by atoms with E-state index >= 15 is 4.39 Å². The van der Waals surface area contributed by atoms with Crippen molar-refractivity contribution in [1.82, 2.24) is 14.9 Å². The van der Waals surface area contributed by atoms with E-state index in [1.165, 1.54) is 38.2 Å². The highest BCUT2D eigenvalue weighted by atomic mass is 19.1. The summed E-state index contributed by atoms with van der Waals surface area (Å²) in [6.45, 7) is 0.699. The van der Waals surface area contributed by atoms with E-state index < -0.39 is 11.7 Å². The Balaban J connectivity index is 1.51. The van der Waals surface area contributed by atoms with E-state index in [1.807, 2.05) is 18.5 Å². The first-order valence-corrected chi connectivity index (χ1v) is 11.3. The number of halogens is 1. The highest BCUT2D eigenvalue weighted by Gasteiger charge is 2.26. The van der Waals surface area contributed by atoms with Gasteiger partial charge in [-0.25, -0.2) is 9.37 Å². The summed E-state index contributed by atoms with van der Waals surface area (Å²) in [5.74, 6) is -0.971. The number of carbonyl (C=O) groups is 1. The minimum absolute atomic E-state index is 0.0695. The summed E-state index contributed by atoms with van der Waals surface area (Å²) < 4.78 is 22.4. The number of amides is 1. The molecule has 2 heterocycles. The average molecular weight is 435 g/mol. The quantitative estimate of drug-likeness (QED) is 0.556. The van der Waals surface area contributed by atoms with Crippen LogP contribution in [0.25, 0.3) is 22.2 Å². The molecule has 0 bridgehead atoms. The fraction of sp³-hybridized carbons (Fsp3) is 0.400. The minimum Gasteiger partial charge on any atom is -0.383 e. The van der Waals surface area contributed by atoms with E-state index in [0.29, 0.717) is 42.4 Å². The maximum absolute atomic E-state index is 15.1. The van der Waals surface area contributed by atoms with E-state index in [0.717, 1.165) is 16.6 Å². The van der Waals surface area contributed by atoms with Crippen LogP contribution >= 0.6 is 0 Å². The van der Waals surface area contributed by atoms with Crippen molar-refractivity contribution < 1.29 is 13.9 Å². The zero-order chi connectivity index (χ0) is 22.1. The van der Waals surface area contributed by atoms with Crippen LogP contribution in [0.1, 0.15) is 54.1 Å². The first-order valence-electron chi connectivity index (χ1n) is 11.3. The van der Waals surface area contributed by atoms with E-state index in [4.69, 9.17) is 4.74 Å². The van der Waals surface area contributed by atoms with Gasteiger partial charge < -0.3 is 14.6 Å².